The van der Waals surface area contributed by atoms with E-state index in [0.29, 0.717) is 23.0 Å². The van der Waals surface area contributed by atoms with E-state index in [1.54, 1.807) is 0 Å². The molecule has 6 fully saturated rings. The summed E-state index contributed by atoms with van der Waals surface area (Å²) in [7, 11) is 0. The molecule has 4 heterocycles. The van der Waals surface area contributed by atoms with Crippen molar-refractivity contribution in [3.63, 3.8) is 0 Å². The van der Waals surface area contributed by atoms with Gasteiger partial charge in [0.1, 0.15) is 0 Å². The Labute approximate surface area is 300 Å². The van der Waals surface area contributed by atoms with Crippen LogP contribution in [-0.2, 0) is 9.47 Å². The van der Waals surface area contributed by atoms with E-state index in [9.17, 15) is 0 Å². The Kier molecular flexibility index (Phi) is 19.3. The zero-order valence-corrected chi connectivity index (χ0v) is 33.9. The van der Waals surface area contributed by atoms with Crippen molar-refractivity contribution in [3.8, 4) is 0 Å². The van der Waals surface area contributed by atoms with Gasteiger partial charge in [0.15, 0.2) is 0 Å². The monoisotopic (exact) mass is 677 g/mol. The average Bonchev–Trinajstić information content (AvgIpc) is 3.08. The lowest BCUT2D eigenvalue weighted by Crippen LogP contribution is -2.51. The lowest BCUT2D eigenvalue weighted by molar-refractivity contribution is -0.103. The molecule has 0 aromatic heterocycles. The molecule has 0 aromatic rings. The molecular weight excluding hydrogens is 592 g/mol. The molecule has 2 aliphatic carbocycles. The smallest absolute Gasteiger partial charge is 0.0585 e. The molecule has 6 heteroatoms. The Hall–Kier alpha value is -0.240. The molecular formula is C42H84N4O2. The second kappa shape index (κ2) is 22.0. The van der Waals surface area contributed by atoms with Gasteiger partial charge in [0, 0.05) is 32.8 Å². The predicted octanol–water partition coefficient (Wildman–Crippen LogP) is 8.69. The molecule has 0 amide bonds. The molecule has 0 N–H and O–H groups in total. The van der Waals surface area contributed by atoms with Crippen molar-refractivity contribution >= 4 is 0 Å². The maximum Gasteiger partial charge on any atom is 0.0585 e. The van der Waals surface area contributed by atoms with Gasteiger partial charge >= 0.3 is 0 Å². The van der Waals surface area contributed by atoms with E-state index in [0.717, 1.165) is 31.0 Å². The summed E-state index contributed by atoms with van der Waals surface area (Å²) < 4.78 is 11.5. The van der Waals surface area contributed by atoms with Crippen LogP contribution in [0, 0.1) is 28.6 Å². The maximum absolute atomic E-state index is 5.77. The van der Waals surface area contributed by atoms with E-state index in [1.165, 1.54) is 156 Å². The third-order valence-corrected chi connectivity index (χ3v) is 12.8. The van der Waals surface area contributed by atoms with Gasteiger partial charge in [-0.1, -0.05) is 48.5 Å². The van der Waals surface area contributed by atoms with Crippen molar-refractivity contribution in [2.75, 3.05) is 91.8 Å². The summed E-state index contributed by atoms with van der Waals surface area (Å²) in [5.41, 5.74) is 1.33. The fourth-order valence-corrected chi connectivity index (χ4v) is 9.84. The fraction of sp³-hybridized carbons (Fsp3) is 1.00. The van der Waals surface area contributed by atoms with Crippen LogP contribution in [0.3, 0.4) is 0 Å². The third kappa shape index (κ3) is 13.1. The largest absolute Gasteiger partial charge is 0.378 e. The number of likely N-dealkylation sites (tertiary alicyclic amines) is 4. The average molecular weight is 677 g/mol. The summed E-state index contributed by atoms with van der Waals surface area (Å²) in [6.45, 7) is 36.9. The Bertz CT molecular complexity index is 790. The highest BCUT2D eigenvalue weighted by Crippen LogP contribution is 2.51. The van der Waals surface area contributed by atoms with Crippen LogP contribution in [0.15, 0.2) is 0 Å². The van der Waals surface area contributed by atoms with Crippen molar-refractivity contribution in [2.45, 2.75) is 152 Å². The summed E-state index contributed by atoms with van der Waals surface area (Å²) in [6, 6.07) is 0. The maximum atomic E-state index is 5.77. The molecule has 6 nitrogen and oxygen atoms in total. The van der Waals surface area contributed by atoms with Gasteiger partial charge in [-0.15, -0.1) is 0 Å². The predicted molar refractivity (Wildman–Crippen MR) is 207 cm³/mol. The number of ether oxygens (including phenoxy) is 2. The molecule has 0 unspecified atom stereocenters. The van der Waals surface area contributed by atoms with E-state index in [-0.39, 0.29) is 0 Å². The van der Waals surface area contributed by atoms with E-state index < -0.39 is 0 Å². The lowest BCUT2D eigenvalue weighted by atomic mass is 9.61. The summed E-state index contributed by atoms with van der Waals surface area (Å²) in [4.78, 5) is 10.8. The SMILES string of the molecule is CC.CC.CCOC1CC2(CCN(CC3CCN(CC(C)C)CC3)CC2)C1.CCOC1CC2(CCN(CC3CCN(CC)CC3)CC2)C1. The van der Waals surface area contributed by atoms with Gasteiger partial charge in [-0.2, -0.15) is 0 Å². The number of nitrogens with zero attached hydrogens (tertiary/aromatic N) is 4. The minimum absolute atomic E-state index is 0.580. The van der Waals surface area contributed by atoms with E-state index in [2.05, 4.69) is 54.2 Å². The normalized spacial score (nSPS) is 27.2. The van der Waals surface area contributed by atoms with Gasteiger partial charge in [0.2, 0.25) is 0 Å². The van der Waals surface area contributed by atoms with Crippen LogP contribution >= 0.6 is 0 Å². The highest BCUT2D eigenvalue weighted by atomic mass is 16.5. The molecule has 0 atom stereocenters. The van der Waals surface area contributed by atoms with Crippen LogP contribution in [0.4, 0.5) is 0 Å². The Morgan fingerprint density at radius 2 is 0.875 bits per heavy atom. The second-order valence-electron chi connectivity index (χ2n) is 16.6. The molecule has 6 rings (SSSR count). The molecule has 4 saturated heterocycles. The summed E-state index contributed by atoms with van der Waals surface area (Å²) in [5, 5.41) is 0. The number of piperidine rings is 4. The van der Waals surface area contributed by atoms with Crippen molar-refractivity contribution in [3.05, 3.63) is 0 Å². The van der Waals surface area contributed by atoms with E-state index in [1.807, 2.05) is 27.7 Å². The zero-order chi connectivity index (χ0) is 35.0. The highest BCUT2D eigenvalue weighted by molar-refractivity contribution is 4.99. The quantitative estimate of drug-likeness (QED) is 0.218. The molecule has 6 aliphatic rings. The zero-order valence-electron chi connectivity index (χ0n) is 33.9. The lowest BCUT2D eigenvalue weighted by Gasteiger charge is -2.52. The van der Waals surface area contributed by atoms with Crippen LogP contribution in [0.1, 0.15) is 139 Å². The van der Waals surface area contributed by atoms with Crippen LogP contribution < -0.4 is 0 Å². The first-order chi connectivity index (χ1) is 23.3. The molecule has 0 radical (unpaired) electrons. The summed E-state index contributed by atoms with van der Waals surface area (Å²) in [5.74, 6) is 2.72. The molecule has 2 saturated carbocycles. The minimum Gasteiger partial charge on any atom is -0.378 e. The van der Waals surface area contributed by atoms with Gasteiger partial charge in [-0.25, -0.2) is 0 Å². The topological polar surface area (TPSA) is 31.4 Å². The number of hydrogen-bond acceptors (Lipinski definition) is 6. The first kappa shape index (κ1) is 42.2. The van der Waals surface area contributed by atoms with Crippen molar-refractivity contribution in [1.82, 2.24) is 19.6 Å². The second-order valence-corrected chi connectivity index (χ2v) is 16.6. The summed E-state index contributed by atoms with van der Waals surface area (Å²) >= 11 is 0. The Morgan fingerprint density at radius 3 is 1.19 bits per heavy atom. The Morgan fingerprint density at radius 1 is 0.521 bits per heavy atom. The molecule has 2 spiro atoms. The molecule has 0 bridgehead atoms. The number of rotatable bonds is 11. The first-order valence-corrected chi connectivity index (χ1v) is 21.4. The fourth-order valence-electron chi connectivity index (χ4n) is 9.84. The van der Waals surface area contributed by atoms with Crippen molar-refractivity contribution in [1.29, 1.82) is 0 Å². The molecule has 284 valence electrons. The van der Waals surface area contributed by atoms with Crippen LogP contribution in [0.25, 0.3) is 0 Å². The van der Waals surface area contributed by atoms with Gasteiger partial charge in [-0.05, 0) is 178 Å². The van der Waals surface area contributed by atoms with E-state index in [4.69, 9.17) is 9.47 Å². The van der Waals surface area contributed by atoms with Gasteiger partial charge in [0.25, 0.3) is 0 Å². The van der Waals surface area contributed by atoms with Gasteiger partial charge in [0.05, 0.1) is 12.2 Å². The highest BCUT2D eigenvalue weighted by Gasteiger charge is 2.47. The number of hydrogen-bond donors (Lipinski definition) is 0. The summed E-state index contributed by atoms with van der Waals surface area (Å²) in [6.07, 6.45) is 17.9. The van der Waals surface area contributed by atoms with Crippen molar-refractivity contribution in [2.24, 2.45) is 28.6 Å². The Balaban J connectivity index is 0.000000237. The molecule has 48 heavy (non-hydrogen) atoms. The standard InChI is InChI=1S/C20H38N2O.C18H34N2O.2C2H6/c1-4-23-19-13-20(14-19)7-11-22(12-8-20)16-18-5-9-21(10-6-18)15-17(2)3;1-3-19-9-5-16(6-10-19)15-20-11-7-18(8-12-20)13-17(14-18)21-4-2;2*1-2/h17-19H,4-16H2,1-3H3;16-17H,3-15H2,1-2H3;2*1-2H3. The molecule has 4 aliphatic heterocycles. The first-order valence-electron chi connectivity index (χ1n) is 21.4. The van der Waals surface area contributed by atoms with Crippen molar-refractivity contribution < 1.29 is 9.47 Å². The van der Waals surface area contributed by atoms with E-state index >= 15 is 0 Å². The van der Waals surface area contributed by atoms with Crippen LogP contribution in [0.2, 0.25) is 0 Å². The molecule has 0 aromatic carbocycles. The van der Waals surface area contributed by atoms with Crippen LogP contribution in [-0.4, -0.2) is 124 Å². The minimum atomic E-state index is 0.580. The van der Waals surface area contributed by atoms with Crippen LogP contribution in [0.5, 0.6) is 0 Å². The van der Waals surface area contributed by atoms with Gasteiger partial charge < -0.3 is 29.1 Å². The van der Waals surface area contributed by atoms with Gasteiger partial charge in [-0.3, -0.25) is 0 Å². The third-order valence-electron chi connectivity index (χ3n) is 12.8.